The van der Waals surface area contributed by atoms with Crippen LogP contribution >= 0.6 is 0 Å². The number of nitrogens with one attached hydrogen (secondary N) is 1. The largest absolute Gasteiger partial charge is 0.494 e. The minimum Gasteiger partial charge on any atom is -0.494 e. The molecule has 0 aromatic heterocycles. The van der Waals surface area contributed by atoms with E-state index < -0.39 is 23.7 Å². The lowest BCUT2D eigenvalue weighted by molar-refractivity contribution is -0.122. The lowest BCUT2D eigenvalue weighted by Crippen LogP contribution is -2.54. The van der Waals surface area contributed by atoms with Gasteiger partial charge in [-0.25, -0.2) is 14.1 Å². The van der Waals surface area contributed by atoms with Crippen molar-refractivity contribution in [3.8, 4) is 11.5 Å². The molecule has 8 heteroatoms. The monoisotopic (exact) mass is 510 g/mol. The highest BCUT2D eigenvalue weighted by Gasteiger charge is 2.37. The zero-order valence-corrected chi connectivity index (χ0v) is 20.4. The van der Waals surface area contributed by atoms with E-state index in [0.29, 0.717) is 29.2 Å². The van der Waals surface area contributed by atoms with Gasteiger partial charge in [-0.05, 0) is 60.2 Å². The fourth-order valence-electron chi connectivity index (χ4n) is 4.22. The molecule has 4 aromatic carbocycles. The summed E-state index contributed by atoms with van der Waals surface area (Å²) in [5.74, 6) is -1.07. The van der Waals surface area contributed by atoms with Crippen LogP contribution in [0.15, 0.2) is 90.5 Å². The molecule has 1 aliphatic rings. The van der Waals surface area contributed by atoms with Gasteiger partial charge in [-0.15, -0.1) is 0 Å². The summed E-state index contributed by atoms with van der Waals surface area (Å²) >= 11 is 0. The van der Waals surface area contributed by atoms with Crippen LogP contribution in [0.25, 0.3) is 16.8 Å². The SMILES string of the molecule is CCOc1ccc(N2C(=O)NC(=O)/C(=C\c3c(OCc4ccccc4F)ccc4ccccc34)C2=O)cc1. The van der Waals surface area contributed by atoms with E-state index in [-0.39, 0.29) is 17.9 Å². The maximum absolute atomic E-state index is 14.2. The number of urea groups is 1. The Balaban J connectivity index is 1.55. The first-order valence-electron chi connectivity index (χ1n) is 12.0. The van der Waals surface area contributed by atoms with Crippen LogP contribution in [-0.4, -0.2) is 24.5 Å². The van der Waals surface area contributed by atoms with E-state index in [9.17, 15) is 18.8 Å². The molecule has 0 radical (unpaired) electrons. The van der Waals surface area contributed by atoms with Crippen molar-refractivity contribution in [3.63, 3.8) is 0 Å². The van der Waals surface area contributed by atoms with Crippen LogP contribution in [-0.2, 0) is 16.2 Å². The summed E-state index contributed by atoms with van der Waals surface area (Å²) in [6.07, 6.45) is 1.41. The van der Waals surface area contributed by atoms with Crippen LogP contribution in [0.2, 0.25) is 0 Å². The number of imide groups is 2. The number of hydrogen-bond donors (Lipinski definition) is 1. The van der Waals surface area contributed by atoms with Crippen LogP contribution in [0.1, 0.15) is 18.1 Å². The Morgan fingerprint density at radius 2 is 1.61 bits per heavy atom. The number of barbiturate groups is 1. The first kappa shape index (κ1) is 24.7. The molecule has 1 N–H and O–H groups in total. The van der Waals surface area contributed by atoms with Crippen molar-refractivity contribution in [1.29, 1.82) is 0 Å². The number of anilines is 1. The number of carbonyl (C=O) groups excluding carboxylic acids is 3. The minimum atomic E-state index is -0.852. The molecule has 0 unspecified atom stereocenters. The fourth-order valence-corrected chi connectivity index (χ4v) is 4.22. The van der Waals surface area contributed by atoms with Crippen molar-refractivity contribution < 1.29 is 28.2 Å². The number of carbonyl (C=O) groups is 3. The van der Waals surface area contributed by atoms with Crippen molar-refractivity contribution >= 4 is 40.4 Å². The van der Waals surface area contributed by atoms with Gasteiger partial charge < -0.3 is 9.47 Å². The molecule has 5 rings (SSSR count). The summed E-state index contributed by atoms with van der Waals surface area (Å²) in [5.41, 5.74) is 0.853. The second-order valence-corrected chi connectivity index (χ2v) is 8.46. The molecule has 190 valence electrons. The predicted octanol–water partition coefficient (Wildman–Crippen LogP) is 5.62. The Bertz CT molecular complexity index is 1580. The third kappa shape index (κ3) is 4.84. The first-order chi connectivity index (χ1) is 18.5. The summed E-state index contributed by atoms with van der Waals surface area (Å²) in [5, 5.41) is 3.81. The van der Waals surface area contributed by atoms with Gasteiger partial charge in [0.05, 0.1) is 12.3 Å². The van der Waals surface area contributed by atoms with Crippen molar-refractivity contribution in [2.75, 3.05) is 11.5 Å². The quantitative estimate of drug-likeness (QED) is 0.258. The number of fused-ring (bicyclic) bond motifs is 1. The molecule has 0 aliphatic carbocycles. The number of hydrogen-bond acceptors (Lipinski definition) is 5. The molecule has 1 fully saturated rings. The zero-order valence-electron chi connectivity index (χ0n) is 20.4. The van der Waals surface area contributed by atoms with E-state index in [1.165, 1.54) is 12.1 Å². The highest BCUT2D eigenvalue weighted by molar-refractivity contribution is 6.39. The average molecular weight is 511 g/mol. The Hall–Kier alpha value is -4.98. The first-order valence-corrected chi connectivity index (χ1v) is 12.0. The molecule has 1 saturated heterocycles. The number of rotatable bonds is 7. The molecule has 0 saturated carbocycles. The van der Waals surface area contributed by atoms with Gasteiger partial charge in [0, 0.05) is 11.1 Å². The van der Waals surface area contributed by atoms with Gasteiger partial charge >= 0.3 is 6.03 Å². The molecule has 0 spiro atoms. The Morgan fingerprint density at radius 1 is 0.868 bits per heavy atom. The Morgan fingerprint density at radius 3 is 2.37 bits per heavy atom. The number of amides is 4. The number of halogens is 1. The van der Waals surface area contributed by atoms with E-state index in [2.05, 4.69) is 5.32 Å². The molecule has 4 amide bonds. The van der Waals surface area contributed by atoms with Crippen molar-refractivity contribution in [2.45, 2.75) is 13.5 Å². The third-order valence-corrected chi connectivity index (χ3v) is 6.07. The lowest BCUT2D eigenvalue weighted by Gasteiger charge is -2.26. The molecule has 1 heterocycles. The summed E-state index contributed by atoms with van der Waals surface area (Å²) in [7, 11) is 0. The second kappa shape index (κ2) is 10.6. The third-order valence-electron chi connectivity index (χ3n) is 6.07. The smallest absolute Gasteiger partial charge is 0.335 e. The second-order valence-electron chi connectivity index (χ2n) is 8.46. The van der Waals surface area contributed by atoms with Gasteiger partial charge in [-0.3, -0.25) is 14.9 Å². The van der Waals surface area contributed by atoms with Crippen LogP contribution in [0.4, 0.5) is 14.9 Å². The molecule has 7 nitrogen and oxygen atoms in total. The van der Waals surface area contributed by atoms with E-state index in [0.717, 1.165) is 15.7 Å². The molecule has 38 heavy (non-hydrogen) atoms. The van der Waals surface area contributed by atoms with Crippen molar-refractivity contribution in [3.05, 3.63) is 107 Å². The lowest BCUT2D eigenvalue weighted by atomic mass is 9.99. The van der Waals surface area contributed by atoms with Gasteiger partial charge in [0.1, 0.15) is 29.5 Å². The average Bonchev–Trinajstić information content (AvgIpc) is 2.92. The molecular weight excluding hydrogens is 487 g/mol. The maximum Gasteiger partial charge on any atom is 0.335 e. The fraction of sp³-hybridized carbons (Fsp3) is 0.100. The van der Waals surface area contributed by atoms with Gasteiger partial charge in [-0.1, -0.05) is 48.5 Å². The normalized spacial score (nSPS) is 14.6. The standard InChI is InChI=1S/C30H23FN2O5/c1-2-37-22-14-12-21(13-15-22)33-29(35)25(28(34)32-30(33)36)17-24-23-9-5-3-7-19(23)11-16-27(24)38-18-20-8-4-6-10-26(20)31/h3-17H,2,18H2,1H3,(H,32,34,36)/b25-17+. The number of ether oxygens (including phenoxy) is 2. The van der Waals surface area contributed by atoms with Crippen LogP contribution in [0.5, 0.6) is 11.5 Å². The molecule has 4 aromatic rings. The predicted molar refractivity (Wildman–Crippen MR) is 141 cm³/mol. The number of nitrogens with zero attached hydrogens (tertiary/aromatic N) is 1. The van der Waals surface area contributed by atoms with Crippen molar-refractivity contribution in [2.24, 2.45) is 0 Å². The highest BCUT2D eigenvalue weighted by atomic mass is 19.1. The zero-order chi connectivity index (χ0) is 26.6. The van der Waals surface area contributed by atoms with Crippen LogP contribution in [0, 0.1) is 5.82 Å². The molecule has 0 atom stereocenters. The van der Waals surface area contributed by atoms with Gasteiger partial charge in [-0.2, -0.15) is 0 Å². The summed E-state index contributed by atoms with van der Waals surface area (Å²) in [6.45, 7) is 2.26. The minimum absolute atomic E-state index is 0.0574. The number of benzene rings is 4. The van der Waals surface area contributed by atoms with Gasteiger partial charge in [0.2, 0.25) is 0 Å². The summed E-state index contributed by atoms with van der Waals surface area (Å²) in [6, 6.07) is 22.8. The van der Waals surface area contributed by atoms with E-state index in [4.69, 9.17) is 9.47 Å². The van der Waals surface area contributed by atoms with Gasteiger partial charge in [0.15, 0.2) is 0 Å². The van der Waals surface area contributed by atoms with Gasteiger partial charge in [0.25, 0.3) is 11.8 Å². The summed E-state index contributed by atoms with van der Waals surface area (Å²) < 4.78 is 25.6. The Labute approximate surface area is 218 Å². The van der Waals surface area contributed by atoms with E-state index in [1.807, 2.05) is 37.3 Å². The van der Waals surface area contributed by atoms with E-state index in [1.54, 1.807) is 48.5 Å². The topological polar surface area (TPSA) is 84.9 Å². The van der Waals surface area contributed by atoms with Crippen LogP contribution in [0.3, 0.4) is 0 Å². The summed E-state index contributed by atoms with van der Waals surface area (Å²) in [4.78, 5) is 39.9. The molecule has 0 bridgehead atoms. The highest BCUT2D eigenvalue weighted by Crippen LogP contribution is 2.32. The maximum atomic E-state index is 14.2. The Kier molecular flexibility index (Phi) is 6.86. The van der Waals surface area contributed by atoms with Crippen molar-refractivity contribution in [1.82, 2.24) is 5.32 Å². The van der Waals surface area contributed by atoms with E-state index >= 15 is 0 Å². The van der Waals surface area contributed by atoms with Crippen LogP contribution < -0.4 is 19.7 Å². The molecular formula is C30H23FN2O5. The molecule has 1 aliphatic heterocycles.